The largest absolute Gasteiger partial charge is 0.415 e. The van der Waals surface area contributed by atoms with E-state index in [-0.39, 0.29) is 11.6 Å². The number of morpholine rings is 1. The number of hydrogen-bond donors (Lipinski definition) is 1. The maximum Gasteiger partial charge on any atom is 0.289 e. The molecule has 9 nitrogen and oxygen atoms in total. The van der Waals surface area contributed by atoms with E-state index in [1.807, 2.05) is 4.90 Å². The van der Waals surface area contributed by atoms with Gasteiger partial charge in [0.1, 0.15) is 0 Å². The summed E-state index contributed by atoms with van der Waals surface area (Å²) >= 11 is 0. The molecule has 1 N–H and O–H groups in total. The van der Waals surface area contributed by atoms with Crippen molar-refractivity contribution in [2.24, 2.45) is 0 Å². The highest BCUT2D eigenvalue weighted by Crippen LogP contribution is 2.37. The molecule has 1 aromatic carbocycles. The fraction of sp³-hybridized carbons (Fsp3) is 0.636. The van der Waals surface area contributed by atoms with Gasteiger partial charge in [0.15, 0.2) is 13.2 Å². The zero-order valence-electron chi connectivity index (χ0n) is 20.3. The van der Waals surface area contributed by atoms with E-state index >= 15 is 0 Å². The molecule has 1 fully saturated rings. The van der Waals surface area contributed by atoms with E-state index in [1.54, 1.807) is 6.92 Å². The van der Waals surface area contributed by atoms with Crippen LogP contribution >= 0.6 is 0 Å². The highest BCUT2D eigenvalue weighted by atomic mass is 32.2. The highest BCUT2D eigenvalue weighted by Gasteiger charge is 2.45. The van der Waals surface area contributed by atoms with Crippen LogP contribution in [0.4, 0.5) is 5.69 Å². The minimum Gasteiger partial charge on any atom is -0.415 e. The lowest BCUT2D eigenvalue weighted by atomic mass is 9.91. The fourth-order valence-electron chi connectivity index (χ4n) is 3.35. The monoisotopic (exact) mass is 497 g/mol. The molecule has 0 spiro atoms. The Hall–Kier alpha value is -1.81. The molecule has 0 radical (unpaired) electrons. The summed E-state index contributed by atoms with van der Waals surface area (Å²) < 4.78 is 41.2. The third-order valence-electron chi connectivity index (χ3n) is 6.70. The van der Waals surface area contributed by atoms with Crippen molar-refractivity contribution in [3.8, 4) is 12.3 Å². The van der Waals surface area contributed by atoms with Gasteiger partial charge < -0.3 is 9.16 Å². The molecule has 0 aromatic heterocycles. The maximum absolute atomic E-state index is 13.4. The average Bonchev–Trinajstić information content (AvgIpc) is 2.75. The van der Waals surface area contributed by atoms with Crippen LogP contribution in [0.1, 0.15) is 27.7 Å². The average molecular weight is 498 g/mol. The molecule has 1 aliphatic rings. The van der Waals surface area contributed by atoms with Crippen LogP contribution in [-0.4, -0.2) is 71.0 Å². The first-order chi connectivity index (χ1) is 15.2. The lowest BCUT2D eigenvalue weighted by Crippen LogP contribution is -2.64. The van der Waals surface area contributed by atoms with E-state index in [1.165, 1.54) is 18.2 Å². The van der Waals surface area contributed by atoms with Gasteiger partial charge in [0, 0.05) is 19.2 Å². The number of nitro groups is 1. The van der Waals surface area contributed by atoms with E-state index in [4.69, 9.17) is 15.6 Å². The lowest BCUT2D eigenvalue weighted by Gasteiger charge is -2.46. The van der Waals surface area contributed by atoms with Crippen molar-refractivity contribution in [1.82, 2.24) is 9.62 Å². The molecule has 1 aromatic rings. The first kappa shape index (κ1) is 27.4. The summed E-state index contributed by atoms with van der Waals surface area (Å²) in [7, 11) is -6.53. The summed E-state index contributed by atoms with van der Waals surface area (Å²) in [6.45, 7) is 14.3. The van der Waals surface area contributed by atoms with Crippen LogP contribution in [0.15, 0.2) is 29.2 Å². The zero-order chi connectivity index (χ0) is 25.1. The second-order valence-corrected chi connectivity index (χ2v) is 16.4. The van der Waals surface area contributed by atoms with Crippen molar-refractivity contribution < 1.29 is 22.5 Å². The summed E-state index contributed by atoms with van der Waals surface area (Å²) in [5, 5.41) is 11.4. The maximum atomic E-state index is 13.4. The Labute approximate surface area is 198 Å². The molecule has 1 aliphatic heterocycles. The Bertz CT molecular complexity index is 996. The molecule has 1 heterocycles. The molecule has 1 saturated heterocycles. The van der Waals surface area contributed by atoms with Crippen LogP contribution in [-0.2, 0) is 19.2 Å². The van der Waals surface area contributed by atoms with Crippen molar-refractivity contribution in [3.63, 3.8) is 0 Å². The Morgan fingerprint density at radius 1 is 1.27 bits per heavy atom. The molecule has 0 amide bonds. The first-order valence-corrected chi connectivity index (χ1v) is 15.2. The van der Waals surface area contributed by atoms with Gasteiger partial charge in [-0.2, -0.15) is 0 Å². The van der Waals surface area contributed by atoms with Gasteiger partial charge in [-0.3, -0.25) is 15.0 Å². The number of ether oxygens (including phenoxy) is 1. The Balaban J connectivity index is 2.48. The van der Waals surface area contributed by atoms with E-state index in [2.05, 4.69) is 44.5 Å². The molecule has 0 saturated carbocycles. The number of rotatable bonds is 9. The Kier molecular flexibility index (Phi) is 8.49. The molecule has 0 bridgehead atoms. The Morgan fingerprint density at radius 2 is 1.85 bits per heavy atom. The summed E-state index contributed by atoms with van der Waals surface area (Å²) in [6.07, 6.45) is 5.98. The molecule has 0 aliphatic carbocycles. The standard InChI is InChI=1S/C22H35N3O6SSi/c1-8-22(5,24-13-15-30-16-14-24)20(17-31-33(6,7)21(2,3)4)23-32(28,29)19-12-10-9-11-18(19)25(26)27/h1,9-12,20,23H,13-17H2,2-7H3/t20-,22-/m1/s1. The number of terminal acetylenes is 1. The molecule has 33 heavy (non-hydrogen) atoms. The van der Waals surface area contributed by atoms with Crippen molar-refractivity contribution in [2.75, 3.05) is 32.9 Å². The third-order valence-corrected chi connectivity index (χ3v) is 12.7. The van der Waals surface area contributed by atoms with Crippen LogP contribution in [0.25, 0.3) is 0 Å². The van der Waals surface area contributed by atoms with E-state index in [9.17, 15) is 18.5 Å². The molecule has 2 rings (SSSR count). The molecule has 184 valence electrons. The van der Waals surface area contributed by atoms with Gasteiger partial charge in [-0.25, -0.2) is 13.1 Å². The summed E-state index contributed by atoms with van der Waals surface area (Å²) in [5.41, 5.74) is -1.54. The minimum absolute atomic E-state index is 0.0361. The number of sulfonamides is 1. The SMILES string of the molecule is C#C[C@](C)([C@@H](CO[Si](C)(C)C(C)(C)C)NS(=O)(=O)c1ccccc1[N+](=O)[O-])N1CCOCC1. The number of benzene rings is 1. The molecule has 0 unspecified atom stereocenters. The van der Waals surface area contributed by atoms with E-state index in [0.29, 0.717) is 26.3 Å². The van der Waals surface area contributed by atoms with Gasteiger partial charge in [-0.1, -0.05) is 38.8 Å². The van der Waals surface area contributed by atoms with Crippen LogP contribution in [0.3, 0.4) is 0 Å². The van der Waals surface area contributed by atoms with Crippen molar-refractivity contribution >= 4 is 24.0 Å². The molecular weight excluding hydrogens is 462 g/mol. The minimum atomic E-state index is -4.28. The van der Waals surface area contributed by atoms with Crippen LogP contribution in [0, 0.1) is 22.5 Å². The number of nitrogens with zero attached hydrogens (tertiary/aromatic N) is 2. The van der Waals surface area contributed by atoms with Crippen molar-refractivity contribution in [1.29, 1.82) is 0 Å². The predicted octanol–water partition coefficient (Wildman–Crippen LogP) is 2.99. The second kappa shape index (κ2) is 10.2. The van der Waals surface area contributed by atoms with Gasteiger partial charge >= 0.3 is 0 Å². The highest BCUT2D eigenvalue weighted by molar-refractivity contribution is 7.89. The lowest BCUT2D eigenvalue weighted by molar-refractivity contribution is -0.387. The first-order valence-electron chi connectivity index (χ1n) is 10.9. The fourth-order valence-corrected chi connectivity index (χ4v) is 5.84. The second-order valence-electron chi connectivity index (χ2n) is 9.86. The van der Waals surface area contributed by atoms with Crippen molar-refractivity contribution in [3.05, 3.63) is 34.4 Å². The number of hydrogen-bond acceptors (Lipinski definition) is 7. The van der Waals surface area contributed by atoms with Gasteiger partial charge in [0.25, 0.3) is 5.69 Å². The number of nitro benzene ring substituents is 1. The number of nitrogens with one attached hydrogen (secondary N) is 1. The predicted molar refractivity (Wildman–Crippen MR) is 130 cm³/mol. The Morgan fingerprint density at radius 3 is 2.36 bits per heavy atom. The number of para-hydroxylation sites is 1. The van der Waals surface area contributed by atoms with Gasteiger partial charge in [-0.15, -0.1) is 6.42 Å². The topological polar surface area (TPSA) is 111 Å². The van der Waals surface area contributed by atoms with Gasteiger partial charge in [0.2, 0.25) is 10.0 Å². The molecular formula is C22H35N3O6SSi. The van der Waals surface area contributed by atoms with Gasteiger partial charge in [-0.05, 0) is 31.1 Å². The summed E-state index contributed by atoms with van der Waals surface area (Å²) in [4.78, 5) is 12.3. The van der Waals surface area contributed by atoms with Crippen LogP contribution in [0.5, 0.6) is 0 Å². The van der Waals surface area contributed by atoms with Crippen molar-refractivity contribution in [2.45, 2.75) is 62.3 Å². The molecule has 2 atom stereocenters. The summed E-state index contributed by atoms with van der Waals surface area (Å²) in [5.74, 6) is 2.78. The molecule has 11 heteroatoms. The zero-order valence-corrected chi connectivity index (χ0v) is 22.1. The smallest absolute Gasteiger partial charge is 0.289 e. The van der Waals surface area contributed by atoms with Crippen LogP contribution < -0.4 is 4.72 Å². The summed E-state index contributed by atoms with van der Waals surface area (Å²) in [6, 6.07) is 4.41. The van der Waals surface area contributed by atoms with E-state index < -0.39 is 45.4 Å². The van der Waals surface area contributed by atoms with E-state index in [0.717, 1.165) is 6.07 Å². The third kappa shape index (κ3) is 6.20. The quantitative estimate of drug-likeness (QED) is 0.242. The van der Waals surface area contributed by atoms with Gasteiger partial charge in [0.05, 0.1) is 36.3 Å². The normalized spacial score (nSPS) is 18.8. The van der Waals surface area contributed by atoms with Crippen LogP contribution in [0.2, 0.25) is 18.1 Å².